The van der Waals surface area contributed by atoms with Crippen LogP contribution in [0.25, 0.3) is 0 Å². The molecule has 0 aromatic heterocycles. The average molecular weight is 422 g/mol. The van der Waals surface area contributed by atoms with E-state index in [1.807, 2.05) is 12.1 Å². The first-order valence-corrected chi connectivity index (χ1v) is 9.97. The number of ether oxygens (including phenoxy) is 1. The topological polar surface area (TPSA) is 93.2 Å². The number of rotatable bonds is 2. The Balaban J connectivity index is 1.62. The summed E-state index contributed by atoms with van der Waals surface area (Å²) in [6.45, 7) is 5.19. The number of benzene rings is 2. The number of fused-ring (bicyclic) bond motifs is 2. The van der Waals surface area contributed by atoms with Crippen molar-refractivity contribution in [2.45, 2.75) is 45.3 Å². The second kappa shape index (κ2) is 7.54. The number of imide groups is 1. The first-order chi connectivity index (χ1) is 14.7. The fraction of sp³-hybridized carbons (Fsp3) is 0.304. The van der Waals surface area contributed by atoms with Crippen molar-refractivity contribution in [1.29, 1.82) is 0 Å². The number of para-hydroxylation sites is 1. The summed E-state index contributed by atoms with van der Waals surface area (Å²) in [6, 6.07) is 12.4. The highest BCUT2D eigenvalue weighted by Crippen LogP contribution is 2.33. The molecular weight excluding hydrogens is 400 g/mol. The van der Waals surface area contributed by atoms with E-state index in [-0.39, 0.29) is 17.5 Å². The molecule has 2 aromatic rings. The van der Waals surface area contributed by atoms with Gasteiger partial charge >= 0.3 is 12.1 Å². The Kier molecular flexibility index (Phi) is 5.00. The fourth-order valence-electron chi connectivity index (χ4n) is 3.71. The number of anilines is 1. The molecule has 8 heteroatoms. The van der Waals surface area contributed by atoms with E-state index in [4.69, 9.17) is 9.57 Å². The minimum Gasteiger partial charge on any atom is -0.443 e. The van der Waals surface area contributed by atoms with Crippen molar-refractivity contribution in [2.75, 3.05) is 4.90 Å². The van der Waals surface area contributed by atoms with Crippen LogP contribution in [0.2, 0.25) is 0 Å². The fourth-order valence-corrected chi connectivity index (χ4v) is 3.71. The quantitative estimate of drug-likeness (QED) is 0.688. The Morgan fingerprint density at radius 2 is 1.52 bits per heavy atom. The molecule has 8 nitrogen and oxygen atoms in total. The maximum atomic E-state index is 13.1. The van der Waals surface area contributed by atoms with Crippen molar-refractivity contribution in [1.82, 2.24) is 5.06 Å². The molecule has 4 rings (SSSR count). The standard InChI is InChI=1S/C23H22N2O6/c1-23(2,3)30-22(29)24-17-11-7-4-8-14(17)12-13-18(24)21(28)31-25-19(26)15-9-5-6-10-16(15)20(25)27/h4-11,18H,12-13H2,1-3H3. The number of carbonyl (C=O) groups excluding carboxylic acids is 4. The highest BCUT2D eigenvalue weighted by molar-refractivity contribution is 6.21. The molecule has 0 saturated heterocycles. The van der Waals surface area contributed by atoms with Crippen LogP contribution in [0.15, 0.2) is 48.5 Å². The van der Waals surface area contributed by atoms with Crippen LogP contribution in [-0.2, 0) is 20.8 Å². The zero-order chi connectivity index (χ0) is 22.3. The Morgan fingerprint density at radius 1 is 0.935 bits per heavy atom. The highest BCUT2D eigenvalue weighted by Gasteiger charge is 2.43. The molecule has 2 heterocycles. The minimum absolute atomic E-state index is 0.165. The van der Waals surface area contributed by atoms with Crippen LogP contribution in [0.4, 0.5) is 10.5 Å². The Hall–Kier alpha value is -3.68. The molecule has 0 bridgehead atoms. The zero-order valence-corrected chi connectivity index (χ0v) is 17.5. The number of aryl methyl sites for hydroxylation is 1. The van der Waals surface area contributed by atoms with E-state index in [2.05, 4.69) is 0 Å². The van der Waals surface area contributed by atoms with Gasteiger partial charge in [0, 0.05) is 0 Å². The SMILES string of the molecule is CC(C)(C)OC(=O)N1c2ccccc2CCC1C(=O)ON1C(=O)c2ccccc2C1=O. The summed E-state index contributed by atoms with van der Waals surface area (Å²) in [6.07, 6.45) is 0.0827. The maximum Gasteiger partial charge on any atom is 0.415 e. The van der Waals surface area contributed by atoms with Crippen molar-refractivity contribution in [2.24, 2.45) is 0 Å². The second-order valence-electron chi connectivity index (χ2n) is 8.39. The average Bonchev–Trinajstić information content (AvgIpc) is 2.96. The molecular formula is C23H22N2O6. The first kappa shape index (κ1) is 20.6. The van der Waals surface area contributed by atoms with Gasteiger partial charge in [-0.1, -0.05) is 35.4 Å². The summed E-state index contributed by atoms with van der Waals surface area (Å²) in [5.41, 5.74) is 0.975. The molecule has 0 spiro atoms. The van der Waals surface area contributed by atoms with E-state index in [9.17, 15) is 19.2 Å². The van der Waals surface area contributed by atoms with E-state index in [0.29, 0.717) is 17.2 Å². The zero-order valence-electron chi connectivity index (χ0n) is 17.5. The molecule has 2 aliphatic heterocycles. The van der Waals surface area contributed by atoms with Gasteiger partial charge in [0.1, 0.15) is 11.6 Å². The van der Waals surface area contributed by atoms with Crippen LogP contribution < -0.4 is 4.90 Å². The molecule has 0 N–H and O–H groups in total. The lowest BCUT2D eigenvalue weighted by atomic mass is 9.96. The molecule has 0 fully saturated rings. The van der Waals surface area contributed by atoms with Crippen LogP contribution in [0.5, 0.6) is 0 Å². The van der Waals surface area contributed by atoms with Gasteiger partial charge in [-0.3, -0.25) is 14.5 Å². The molecule has 160 valence electrons. The summed E-state index contributed by atoms with van der Waals surface area (Å²) in [7, 11) is 0. The van der Waals surface area contributed by atoms with Gasteiger partial charge in [0.15, 0.2) is 0 Å². The number of hydroxylamine groups is 2. The highest BCUT2D eigenvalue weighted by atomic mass is 16.7. The molecule has 3 amide bonds. The smallest absolute Gasteiger partial charge is 0.415 e. The van der Waals surface area contributed by atoms with Crippen LogP contribution in [0.3, 0.4) is 0 Å². The summed E-state index contributed by atoms with van der Waals surface area (Å²) in [5, 5.41) is 0.459. The van der Waals surface area contributed by atoms with E-state index in [1.54, 1.807) is 45.0 Å². The summed E-state index contributed by atoms with van der Waals surface area (Å²) in [5.74, 6) is -2.31. The van der Waals surface area contributed by atoms with Crippen LogP contribution in [0.1, 0.15) is 53.5 Å². The Bertz CT molecular complexity index is 1050. The third-order valence-electron chi connectivity index (χ3n) is 5.05. The number of amides is 3. The van der Waals surface area contributed by atoms with Gasteiger partial charge in [0.25, 0.3) is 11.8 Å². The predicted molar refractivity (Wildman–Crippen MR) is 110 cm³/mol. The number of carbonyl (C=O) groups is 4. The van der Waals surface area contributed by atoms with Crippen LogP contribution >= 0.6 is 0 Å². The summed E-state index contributed by atoms with van der Waals surface area (Å²) < 4.78 is 5.51. The monoisotopic (exact) mass is 422 g/mol. The minimum atomic E-state index is -1.05. The van der Waals surface area contributed by atoms with Crippen LogP contribution in [0, 0.1) is 0 Å². The number of nitrogens with zero attached hydrogens (tertiary/aromatic N) is 2. The summed E-state index contributed by atoms with van der Waals surface area (Å²) in [4.78, 5) is 57.6. The van der Waals surface area contributed by atoms with Gasteiger partial charge in [-0.2, -0.15) is 0 Å². The van der Waals surface area contributed by atoms with Gasteiger partial charge < -0.3 is 9.57 Å². The van der Waals surface area contributed by atoms with Gasteiger partial charge in [-0.05, 0) is 57.4 Å². The molecule has 1 atom stereocenters. The normalized spacial score (nSPS) is 17.8. The van der Waals surface area contributed by atoms with Crippen molar-refractivity contribution in [3.05, 3.63) is 65.2 Å². The van der Waals surface area contributed by atoms with E-state index < -0.39 is 35.5 Å². The maximum absolute atomic E-state index is 13.1. The van der Waals surface area contributed by atoms with E-state index in [0.717, 1.165) is 5.56 Å². The lowest BCUT2D eigenvalue weighted by Crippen LogP contribution is -2.52. The molecule has 0 radical (unpaired) electrons. The molecule has 1 unspecified atom stereocenters. The Labute approximate surface area is 179 Å². The predicted octanol–water partition coefficient (Wildman–Crippen LogP) is 3.50. The molecule has 31 heavy (non-hydrogen) atoms. The Morgan fingerprint density at radius 3 is 2.13 bits per heavy atom. The molecule has 2 aliphatic rings. The van der Waals surface area contributed by atoms with Gasteiger partial charge in [0.05, 0.1) is 16.8 Å². The lowest BCUT2D eigenvalue weighted by Gasteiger charge is -2.36. The van der Waals surface area contributed by atoms with Crippen molar-refractivity contribution < 1.29 is 28.8 Å². The van der Waals surface area contributed by atoms with Crippen molar-refractivity contribution in [3.8, 4) is 0 Å². The summed E-state index contributed by atoms with van der Waals surface area (Å²) >= 11 is 0. The van der Waals surface area contributed by atoms with Gasteiger partial charge in [0.2, 0.25) is 0 Å². The molecule has 0 aliphatic carbocycles. The molecule has 0 saturated carbocycles. The third kappa shape index (κ3) is 3.76. The van der Waals surface area contributed by atoms with Crippen molar-refractivity contribution >= 4 is 29.6 Å². The first-order valence-electron chi connectivity index (χ1n) is 9.97. The van der Waals surface area contributed by atoms with E-state index in [1.165, 1.54) is 17.0 Å². The van der Waals surface area contributed by atoms with E-state index >= 15 is 0 Å². The van der Waals surface area contributed by atoms with Gasteiger partial charge in [-0.15, -0.1) is 0 Å². The second-order valence-corrected chi connectivity index (χ2v) is 8.39. The lowest BCUT2D eigenvalue weighted by molar-refractivity contribution is -0.170. The largest absolute Gasteiger partial charge is 0.443 e. The van der Waals surface area contributed by atoms with Crippen molar-refractivity contribution in [3.63, 3.8) is 0 Å². The number of hydrogen-bond donors (Lipinski definition) is 0. The third-order valence-corrected chi connectivity index (χ3v) is 5.05. The van der Waals surface area contributed by atoms with Gasteiger partial charge in [-0.25, -0.2) is 9.59 Å². The van der Waals surface area contributed by atoms with Crippen LogP contribution in [-0.4, -0.2) is 40.6 Å². The molecule has 2 aromatic carbocycles. The number of hydrogen-bond acceptors (Lipinski definition) is 6.